The number of hydrogen-bond acceptors (Lipinski definition) is 6. The van der Waals surface area contributed by atoms with Gasteiger partial charge in [-0.2, -0.15) is 0 Å². The predicted octanol–water partition coefficient (Wildman–Crippen LogP) is 5.72. The van der Waals surface area contributed by atoms with Crippen LogP contribution < -0.4 is 19.7 Å². The average molecular weight is 538 g/mol. The first-order valence-corrected chi connectivity index (χ1v) is 13.5. The number of benzene rings is 3. The minimum atomic E-state index is -0.154. The van der Waals surface area contributed by atoms with Gasteiger partial charge in [-0.05, 0) is 25.5 Å². The first kappa shape index (κ1) is 27.0. The summed E-state index contributed by atoms with van der Waals surface area (Å²) in [6.45, 7) is 6.61. The highest BCUT2D eigenvalue weighted by Gasteiger charge is 2.26. The van der Waals surface area contributed by atoms with Crippen LogP contribution in [0.5, 0.6) is 11.5 Å². The van der Waals surface area contributed by atoms with Gasteiger partial charge in [0.2, 0.25) is 0 Å². The third-order valence-electron chi connectivity index (χ3n) is 7.16. The Morgan fingerprint density at radius 2 is 1.55 bits per heavy atom. The minimum Gasteiger partial charge on any atom is -0.497 e. The van der Waals surface area contributed by atoms with Crippen LogP contribution in [-0.4, -0.2) is 61.3 Å². The van der Waals surface area contributed by atoms with Crippen molar-refractivity contribution in [1.29, 1.82) is 0 Å². The Labute approximate surface area is 235 Å². The fourth-order valence-electron chi connectivity index (χ4n) is 4.97. The highest BCUT2D eigenvalue weighted by molar-refractivity contribution is 5.90. The molecular weight excluding hydrogens is 502 g/mol. The molecule has 0 unspecified atom stereocenters. The van der Waals surface area contributed by atoms with Crippen molar-refractivity contribution in [2.24, 2.45) is 0 Å². The van der Waals surface area contributed by atoms with Crippen LogP contribution in [0.3, 0.4) is 0 Å². The summed E-state index contributed by atoms with van der Waals surface area (Å²) in [7, 11) is 3.18. The Morgan fingerprint density at radius 1 is 0.850 bits per heavy atom. The maximum Gasteiger partial charge on any atom is 0.321 e. The van der Waals surface area contributed by atoms with Gasteiger partial charge in [0, 0.05) is 73.3 Å². The van der Waals surface area contributed by atoms with Crippen molar-refractivity contribution in [3.63, 3.8) is 0 Å². The van der Waals surface area contributed by atoms with E-state index in [9.17, 15) is 4.79 Å². The normalized spacial score (nSPS) is 13.2. The lowest BCUT2D eigenvalue weighted by atomic mass is 10.0. The van der Waals surface area contributed by atoms with Crippen molar-refractivity contribution in [2.75, 3.05) is 50.6 Å². The molecule has 2 heterocycles. The van der Waals surface area contributed by atoms with E-state index in [4.69, 9.17) is 19.4 Å². The van der Waals surface area contributed by atoms with Crippen LogP contribution >= 0.6 is 0 Å². The smallest absolute Gasteiger partial charge is 0.321 e. The molecule has 0 aliphatic carbocycles. The third kappa shape index (κ3) is 6.17. The van der Waals surface area contributed by atoms with Crippen LogP contribution in [-0.2, 0) is 6.42 Å². The standard InChI is InChI=1S/C32H35N5O3/c1-22-9-8-12-25(17-22)30-33-23(2)29(18-24-10-6-5-7-11-24)31(35-30)36-13-15-37(16-14-36)32(38)34-26-19-27(39-3)21-28(20-26)40-4/h5-12,17,19-21H,13-16,18H2,1-4H3,(H,34,38). The Morgan fingerprint density at radius 3 is 2.20 bits per heavy atom. The molecule has 0 atom stereocenters. The molecule has 4 aromatic rings. The van der Waals surface area contributed by atoms with Gasteiger partial charge in [0.1, 0.15) is 17.3 Å². The number of rotatable bonds is 7. The molecule has 1 saturated heterocycles. The SMILES string of the molecule is COc1cc(NC(=O)N2CCN(c3nc(-c4cccc(C)c4)nc(C)c3Cc3ccccc3)CC2)cc(OC)c1. The van der Waals surface area contributed by atoms with E-state index in [1.807, 2.05) is 17.0 Å². The number of aromatic nitrogens is 2. The van der Waals surface area contributed by atoms with Gasteiger partial charge in [0.25, 0.3) is 0 Å². The van der Waals surface area contributed by atoms with Crippen molar-refractivity contribution in [2.45, 2.75) is 20.3 Å². The van der Waals surface area contributed by atoms with Crippen LogP contribution in [0.2, 0.25) is 0 Å². The number of amides is 2. The summed E-state index contributed by atoms with van der Waals surface area (Å²) in [4.78, 5) is 27.3. The predicted molar refractivity (Wildman–Crippen MR) is 159 cm³/mol. The monoisotopic (exact) mass is 537 g/mol. The number of anilines is 2. The summed E-state index contributed by atoms with van der Waals surface area (Å²) >= 11 is 0. The summed E-state index contributed by atoms with van der Waals surface area (Å²) in [5.74, 6) is 2.90. The van der Waals surface area contributed by atoms with Crippen molar-refractivity contribution in [3.8, 4) is 22.9 Å². The summed E-state index contributed by atoms with van der Waals surface area (Å²) < 4.78 is 10.7. The Balaban J connectivity index is 1.37. The number of nitrogens with zero attached hydrogens (tertiary/aromatic N) is 4. The van der Waals surface area contributed by atoms with Crippen LogP contribution in [0.4, 0.5) is 16.3 Å². The number of piperazine rings is 1. The van der Waals surface area contributed by atoms with Crippen molar-refractivity contribution < 1.29 is 14.3 Å². The Bertz CT molecular complexity index is 1460. The maximum absolute atomic E-state index is 13.1. The quantitative estimate of drug-likeness (QED) is 0.325. The first-order valence-electron chi connectivity index (χ1n) is 13.5. The zero-order chi connectivity index (χ0) is 28.1. The summed E-state index contributed by atoms with van der Waals surface area (Å²) in [5.41, 5.74) is 6.10. The number of carbonyl (C=O) groups is 1. The number of hydrogen-bond donors (Lipinski definition) is 1. The zero-order valence-corrected chi connectivity index (χ0v) is 23.5. The topological polar surface area (TPSA) is 79.8 Å². The molecule has 1 N–H and O–H groups in total. The van der Waals surface area contributed by atoms with Crippen LogP contribution in [0.25, 0.3) is 11.4 Å². The lowest BCUT2D eigenvalue weighted by Gasteiger charge is -2.36. The summed E-state index contributed by atoms with van der Waals surface area (Å²) in [6, 6.07) is 23.9. The van der Waals surface area contributed by atoms with E-state index in [-0.39, 0.29) is 6.03 Å². The van der Waals surface area contributed by atoms with Crippen LogP contribution in [0.15, 0.2) is 72.8 Å². The number of urea groups is 1. The molecule has 8 nitrogen and oxygen atoms in total. The van der Waals surface area contributed by atoms with E-state index in [0.717, 1.165) is 34.9 Å². The molecule has 2 amide bonds. The molecule has 0 spiro atoms. The molecule has 5 rings (SSSR count). The van der Waals surface area contributed by atoms with E-state index < -0.39 is 0 Å². The summed E-state index contributed by atoms with van der Waals surface area (Å²) in [5, 5.41) is 2.99. The Hall–Kier alpha value is -4.59. The fraction of sp³-hybridized carbons (Fsp3) is 0.281. The fourth-order valence-corrected chi connectivity index (χ4v) is 4.97. The second-order valence-corrected chi connectivity index (χ2v) is 9.97. The molecule has 1 fully saturated rings. The molecule has 1 aliphatic rings. The molecule has 1 aliphatic heterocycles. The molecular formula is C32H35N5O3. The minimum absolute atomic E-state index is 0.154. The van der Waals surface area contributed by atoms with E-state index in [1.54, 1.807) is 32.4 Å². The van der Waals surface area contributed by atoms with E-state index in [2.05, 4.69) is 66.5 Å². The largest absolute Gasteiger partial charge is 0.497 e. The van der Waals surface area contributed by atoms with Gasteiger partial charge < -0.3 is 24.6 Å². The number of aryl methyl sites for hydroxylation is 2. The van der Waals surface area contributed by atoms with Gasteiger partial charge in [-0.25, -0.2) is 14.8 Å². The van der Waals surface area contributed by atoms with E-state index >= 15 is 0 Å². The molecule has 8 heteroatoms. The van der Waals surface area contributed by atoms with E-state index in [1.165, 1.54) is 11.1 Å². The van der Waals surface area contributed by atoms with Gasteiger partial charge in [0.15, 0.2) is 5.82 Å². The van der Waals surface area contributed by atoms with Crippen LogP contribution in [0, 0.1) is 13.8 Å². The molecule has 0 radical (unpaired) electrons. The van der Waals surface area contributed by atoms with Crippen LogP contribution in [0.1, 0.15) is 22.4 Å². The molecule has 0 bridgehead atoms. The van der Waals surface area contributed by atoms with Gasteiger partial charge in [-0.3, -0.25) is 0 Å². The van der Waals surface area contributed by atoms with Crippen molar-refractivity contribution >= 4 is 17.5 Å². The number of methoxy groups -OCH3 is 2. The second-order valence-electron chi connectivity index (χ2n) is 9.97. The second kappa shape index (κ2) is 12.1. The van der Waals surface area contributed by atoms with Gasteiger partial charge >= 0.3 is 6.03 Å². The Kier molecular flexibility index (Phi) is 8.15. The molecule has 206 valence electrons. The van der Waals surface area contributed by atoms with Crippen molar-refractivity contribution in [1.82, 2.24) is 14.9 Å². The lowest BCUT2D eigenvalue weighted by Crippen LogP contribution is -2.50. The lowest BCUT2D eigenvalue weighted by molar-refractivity contribution is 0.208. The van der Waals surface area contributed by atoms with Gasteiger partial charge in [0.05, 0.1) is 14.2 Å². The molecule has 40 heavy (non-hydrogen) atoms. The highest BCUT2D eigenvalue weighted by Crippen LogP contribution is 2.29. The van der Waals surface area contributed by atoms with E-state index in [0.29, 0.717) is 43.4 Å². The molecule has 1 aromatic heterocycles. The van der Waals surface area contributed by atoms with Gasteiger partial charge in [-0.1, -0.05) is 54.1 Å². The third-order valence-corrected chi connectivity index (χ3v) is 7.16. The molecule has 0 saturated carbocycles. The number of ether oxygens (including phenoxy) is 2. The number of nitrogens with one attached hydrogen (secondary N) is 1. The van der Waals surface area contributed by atoms with Gasteiger partial charge in [-0.15, -0.1) is 0 Å². The zero-order valence-electron chi connectivity index (χ0n) is 23.5. The average Bonchev–Trinajstić information content (AvgIpc) is 2.98. The van der Waals surface area contributed by atoms with Crippen molar-refractivity contribution in [3.05, 3.63) is 95.2 Å². The maximum atomic E-state index is 13.1. The summed E-state index contributed by atoms with van der Waals surface area (Å²) in [6.07, 6.45) is 0.745. The number of carbonyl (C=O) groups excluding carboxylic acids is 1. The molecule has 3 aromatic carbocycles. The first-order chi connectivity index (χ1) is 19.4. The highest BCUT2D eigenvalue weighted by atomic mass is 16.5.